The van der Waals surface area contributed by atoms with Crippen molar-refractivity contribution in [3.8, 4) is 0 Å². The number of piperidine rings is 1. The number of hydrogen-bond donors (Lipinski definition) is 3. The van der Waals surface area contributed by atoms with E-state index in [1.165, 1.54) is 6.42 Å². The number of amides is 2. The number of carbonyl (C=O) groups is 3. The number of carbonyl (C=O) groups excluding carboxylic acids is 3. The molecule has 5 atom stereocenters. The summed E-state index contributed by atoms with van der Waals surface area (Å²) in [6, 6.07) is -1.37. The maximum atomic E-state index is 13.6. The van der Waals surface area contributed by atoms with Crippen LogP contribution in [0.5, 0.6) is 0 Å². The summed E-state index contributed by atoms with van der Waals surface area (Å²) in [4.78, 5) is 46.9. The lowest BCUT2D eigenvalue weighted by Crippen LogP contribution is -2.77. The number of likely N-dealkylation sites (tertiary alicyclic amines) is 2. The van der Waals surface area contributed by atoms with E-state index in [1.807, 2.05) is 18.7 Å². The molecule has 2 saturated carbocycles. The second-order valence-corrected chi connectivity index (χ2v) is 10.5. The van der Waals surface area contributed by atoms with E-state index in [9.17, 15) is 19.5 Å². The summed E-state index contributed by atoms with van der Waals surface area (Å²) in [7, 11) is 0. The number of fused-ring (bicyclic) bond motifs is 1. The summed E-state index contributed by atoms with van der Waals surface area (Å²) in [5, 5.41) is 13.2. The molecule has 2 heterocycles. The number of ketones is 1. The van der Waals surface area contributed by atoms with Crippen LogP contribution < -0.4 is 10.3 Å². The van der Waals surface area contributed by atoms with Crippen LogP contribution in [0.1, 0.15) is 78.1 Å². The van der Waals surface area contributed by atoms with Crippen molar-refractivity contribution >= 4 is 23.5 Å². The number of nitrogens with zero attached hydrogens (tertiary/aromatic N) is 2. The summed E-state index contributed by atoms with van der Waals surface area (Å²) >= 11 is 0. The van der Waals surface area contributed by atoms with Gasteiger partial charge in [0, 0.05) is 19.4 Å². The van der Waals surface area contributed by atoms with Gasteiger partial charge in [-0.2, -0.15) is 0 Å². The van der Waals surface area contributed by atoms with E-state index in [1.54, 1.807) is 0 Å². The normalized spacial score (nSPS) is 30.1. The molecule has 4 unspecified atom stereocenters. The number of aliphatic hydroxyl groups excluding tert-OH is 1. The summed E-state index contributed by atoms with van der Waals surface area (Å²) in [5.41, 5.74) is 0. The lowest BCUT2D eigenvalue weighted by molar-refractivity contribution is -0.480. The Hall–Kier alpha value is -1.96. The molecule has 0 aromatic carbocycles. The zero-order chi connectivity index (χ0) is 23.5. The van der Waals surface area contributed by atoms with E-state index in [-0.39, 0.29) is 35.7 Å². The minimum Gasteiger partial charge on any atom is -0.458 e. The molecule has 0 aromatic rings. The molecule has 4 rings (SSSR count). The van der Waals surface area contributed by atoms with Crippen LogP contribution in [0.3, 0.4) is 0 Å². The van der Waals surface area contributed by atoms with Gasteiger partial charge in [-0.05, 0) is 64.0 Å². The first-order valence-electron chi connectivity index (χ1n) is 13.1. The Morgan fingerprint density at radius 2 is 1.79 bits per heavy atom. The molecule has 8 nitrogen and oxygen atoms in total. The van der Waals surface area contributed by atoms with Crippen LogP contribution in [-0.2, 0) is 14.4 Å². The number of aliphatic hydroxyl groups is 1. The first-order chi connectivity index (χ1) is 15.9. The lowest BCUT2D eigenvalue weighted by atomic mass is 9.93. The molecule has 33 heavy (non-hydrogen) atoms. The van der Waals surface area contributed by atoms with Gasteiger partial charge in [-0.1, -0.05) is 26.2 Å². The molecule has 2 amide bonds. The van der Waals surface area contributed by atoms with Crippen LogP contribution in [-0.4, -0.2) is 82.2 Å². The highest BCUT2D eigenvalue weighted by Gasteiger charge is 2.51. The van der Waals surface area contributed by atoms with Crippen molar-refractivity contribution in [2.45, 2.75) is 102 Å². The van der Waals surface area contributed by atoms with Crippen LogP contribution in [0, 0.1) is 11.8 Å². The average molecular weight is 462 g/mol. The third-order valence-electron chi connectivity index (χ3n) is 8.10. The van der Waals surface area contributed by atoms with Gasteiger partial charge in [-0.15, -0.1) is 0 Å². The van der Waals surface area contributed by atoms with Gasteiger partial charge >= 0.3 is 5.90 Å². The lowest BCUT2D eigenvalue weighted by Gasteiger charge is -2.36. The molecule has 0 radical (unpaired) electrons. The summed E-state index contributed by atoms with van der Waals surface area (Å²) in [6.07, 6.45) is 9.57. The molecular formula is C25H41N4O4+. The fourth-order valence-corrected chi connectivity index (χ4v) is 6.04. The SMILES string of the molecule is CCCC(NC(=O)C1C2CCCC2CN1C(=O)[C@H](C)N1CCCCC1)C(=O)C(O)=[NH+]C1CC1. The first-order valence-corrected chi connectivity index (χ1v) is 13.1. The maximum Gasteiger partial charge on any atom is 0.405 e. The Labute approximate surface area is 197 Å². The second-order valence-electron chi connectivity index (χ2n) is 10.5. The standard InChI is InChI=1S/C25H40N4O4/c1-3-8-20(22(30)24(32)26-18-11-12-18)27-23(31)21-19-10-7-9-17(19)15-29(21)25(33)16(2)28-13-5-4-6-14-28/h16-21H,3-15H2,1-2H3,(H,26,32)(H,27,31)/p+1/t16-,17?,19?,20?,21?/m0/s1. The molecule has 3 N–H and O–H groups in total. The van der Waals surface area contributed by atoms with Gasteiger partial charge in [0.2, 0.25) is 11.8 Å². The number of nitrogens with one attached hydrogen (secondary N) is 2. The van der Waals surface area contributed by atoms with Crippen LogP contribution in [0.2, 0.25) is 0 Å². The highest BCUT2D eigenvalue weighted by atomic mass is 16.3. The molecular weight excluding hydrogens is 420 g/mol. The summed E-state index contributed by atoms with van der Waals surface area (Å²) in [5.74, 6) is -0.507. The van der Waals surface area contributed by atoms with Crippen molar-refractivity contribution in [3.05, 3.63) is 0 Å². The molecule has 8 heteroatoms. The van der Waals surface area contributed by atoms with Crippen molar-refractivity contribution in [1.29, 1.82) is 0 Å². The maximum absolute atomic E-state index is 13.6. The van der Waals surface area contributed by atoms with Gasteiger partial charge in [-0.3, -0.25) is 19.3 Å². The Balaban J connectivity index is 1.48. The molecule has 0 aromatic heterocycles. The summed E-state index contributed by atoms with van der Waals surface area (Å²) in [6.45, 7) is 6.42. The van der Waals surface area contributed by atoms with Gasteiger partial charge in [0.1, 0.15) is 12.1 Å². The third-order valence-corrected chi connectivity index (χ3v) is 8.10. The Morgan fingerprint density at radius 3 is 2.45 bits per heavy atom. The van der Waals surface area contributed by atoms with Crippen LogP contribution in [0.4, 0.5) is 0 Å². The van der Waals surface area contributed by atoms with Crippen molar-refractivity contribution in [1.82, 2.24) is 15.1 Å². The third kappa shape index (κ3) is 5.42. The minimum absolute atomic E-state index is 0.0367. The predicted molar refractivity (Wildman–Crippen MR) is 125 cm³/mol. The zero-order valence-electron chi connectivity index (χ0n) is 20.2. The largest absolute Gasteiger partial charge is 0.458 e. The average Bonchev–Trinajstić information content (AvgIpc) is 3.38. The van der Waals surface area contributed by atoms with Crippen LogP contribution >= 0.6 is 0 Å². The molecule has 0 spiro atoms. The van der Waals surface area contributed by atoms with Gasteiger partial charge in [-0.25, -0.2) is 4.99 Å². The molecule has 2 aliphatic carbocycles. The van der Waals surface area contributed by atoms with Crippen molar-refractivity contribution < 1.29 is 24.5 Å². The molecule has 0 bridgehead atoms. The fourth-order valence-electron chi connectivity index (χ4n) is 6.04. The molecule has 2 saturated heterocycles. The van der Waals surface area contributed by atoms with Crippen molar-refractivity contribution in [3.63, 3.8) is 0 Å². The van der Waals surface area contributed by atoms with E-state index in [2.05, 4.69) is 15.2 Å². The molecule has 2 aliphatic heterocycles. The monoisotopic (exact) mass is 461 g/mol. The molecule has 184 valence electrons. The number of rotatable bonds is 9. The fraction of sp³-hybridized carbons (Fsp3) is 0.840. The van der Waals surface area contributed by atoms with E-state index in [0.29, 0.717) is 25.3 Å². The molecule has 4 fully saturated rings. The number of Topliss-reactive ketones (excluding diaryl/α,β-unsaturated/α-hetero) is 1. The predicted octanol–water partition coefficient (Wildman–Crippen LogP) is 0.541. The minimum atomic E-state index is -0.773. The van der Waals surface area contributed by atoms with Gasteiger partial charge in [0.15, 0.2) is 6.04 Å². The Kier molecular flexibility index (Phi) is 7.72. The topological polar surface area (TPSA) is 104 Å². The second kappa shape index (κ2) is 10.5. The van der Waals surface area contributed by atoms with Crippen LogP contribution in [0.15, 0.2) is 0 Å². The Bertz CT molecular complexity index is 774. The van der Waals surface area contributed by atoms with E-state index < -0.39 is 17.9 Å². The quantitative estimate of drug-likeness (QED) is 0.344. The van der Waals surface area contributed by atoms with Crippen LogP contribution in [0.25, 0.3) is 0 Å². The van der Waals surface area contributed by atoms with E-state index in [4.69, 9.17) is 0 Å². The zero-order valence-corrected chi connectivity index (χ0v) is 20.2. The van der Waals surface area contributed by atoms with Crippen molar-refractivity contribution in [2.24, 2.45) is 11.8 Å². The highest BCUT2D eigenvalue weighted by molar-refractivity contribution is 6.35. The number of hydrogen-bond acceptors (Lipinski definition) is 4. The highest BCUT2D eigenvalue weighted by Crippen LogP contribution is 2.42. The smallest absolute Gasteiger partial charge is 0.405 e. The van der Waals surface area contributed by atoms with E-state index >= 15 is 0 Å². The first kappa shape index (κ1) is 24.2. The van der Waals surface area contributed by atoms with Crippen molar-refractivity contribution in [2.75, 3.05) is 19.6 Å². The molecule has 4 aliphatic rings. The summed E-state index contributed by atoms with van der Waals surface area (Å²) < 4.78 is 0. The van der Waals surface area contributed by atoms with Gasteiger partial charge < -0.3 is 15.3 Å². The Morgan fingerprint density at radius 1 is 1.06 bits per heavy atom. The van der Waals surface area contributed by atoms with E-state index in [0.717, 1.165) is 58.0 Å². The van der Waals surface area contributed by atoms with Gasteiger partial charge in [0.05, 0.1) is 6.04 Å². The van der Waals surface area contributed by atoms with Gasteiger partial charge in [0.25, 0.3) is 5.78 Å².